The van der Waals surface area contributed by atoms with E-state index < -0.39 is 5.54 Å². The van der Waals surface area contributed by atoms with Gasteiger partial charge in [0, 0.05) is 24.0 Å². The van der Waals surface area contributed by atoms with Gasteiger partial charge in [0.1, 0.15) is 0 Å². The molecule has 2 aliphatic rings. The van der Waals surface area contributed by atoms with Crippen LogP contribution in [0.2, 0.25) is 0 Å². The van der Waals surface area contributed by atoms with E-state index >= 15 is 0 Å². The van der Waals surface area contributed by atoms with E-state index in [1.165, 1.54) is 0 Å². The fourth-order valence-corrected chi connectivity index (χ4v) is 4.19. The third kappa shape index (κ3) is 3.67. The van der Waals surface area contributed by atoms with Crippen LogP contribution in [-0.4, -0.2) is 36.0 Å². The maximum atomic E-state index is 13.1. The Bertz CT molecular complexity index is 763. The second-order valence-electron chi connectivity index (χ2n) is 7.31. The van der Waals surface area contributed by atoms with E-state index in [0.717, 1.165) is 29.7 Å². The van der Waals surface area contributed by atoms with Gasteiger partial charge in [-0.25, -0.2) is 4.79 Å². The lowest BCUT2D eigenvalue weighted by Crippen LogP contribution is -2.47. The Morgan fingerprint density at radius 3 is 2.00 bits per heavy atom. The molecule has 2 unspecified atom stereocenters. The van der Waals surface area contributed by atoms with E-state index in [2.05, 4.69) is 0 Å². The predicted molar refractivity (Wildman–Crippen MR) is 105 cm³/mol. The number of hydrogen-bond acceptors (Lipinski definition) is 4. The predicted octanol–water partition coefficient (Wildman–Crippen LogP) is 4.17. The van der Waals surface area contributed by atoms with E-state index in [0.29, 0.717) is 19.4 Å². The highest BCUT2D eigenvalue weighted by atomic mass is 16.5. The Labute approximate surface area is 160 Å². The van der Waals surface area contributed by atoms with Crippen molar-refractivity contribution in [3.8, 4) is 0 Å². The number of benzene rings is 2. The molecule has 2 saturated heterocycles. The quantitative estimate of drug-likeness (QED) is 0.592. The van der Waals surface area contributed by atoms with Crippen molar-refractivity contribution in [1.82, 2.24) is 0 Å². The molecule has 2 aliphatic heterocycles. The van der Waals surface area contributed by atoms with Gasteiger partial charge in [-0.05, 0) is 19.8 Å². The summed E-state index contributed by atoms with van der Waals surface area (Å²) < 4.78 is 11.5. The zero-order chi connectivity index (χ0) is 18.7. The number of fused-ring (bicyclic) bond motifs is 2. The first-order chi connectivity index (χ1) is 13.2. The largest absolute Gasteiger partial charge is 0.464 e. The molecule has 0 spiro atoms. The van der Waals surface area contributed by atoms with Crippen molar-refractivity contribution in [2.24, 2.45) is 4.99 Å². The van der Waals surface area contributed by atoms with E-state index in [1.807, 2.05) is 67.6 Å². The zero-order valence-corrected chi connectivity index (χ0v) is 15.6. The Morgan fingerprint density at radius 2 is 1.52 bits per heavy atom. The molecular weight excluding hydrogens is 338 g/mol. The number of carbonyl (C=O) groups is 1. The van der Waals surface area contributed by atoms with Gasteiger partial charge in [0.2, 0.25) is 0 Å². The monoisotopic (exact) mass is 363 g/mol. The molecule has 0 radical (unpaired) electrons. The molecule has 0 amide bonds. The Morgan fingerprint density at radius 1 is 1.00 bits per heavy atom. The van der Waals surface area contributed by atoms with Gasteiger partial charge < -0.3 is 9.47 Å². The normalized spacial score (nSPS) is 26.4. The molecule has 0 saturated carbocycles. The minimum absolute atomic E-state index is 0.0877. The summed E-state index contributed by atoms with van der Waals surface area (Å²) in [4.78, 5) is 18.2. The summed E-state index contributed by atoms with van der Waals surface area (Å²) in [6.45, 7) is 2.21. The minimum atomic E-state index is -0.874. The van der Waals surface area contributed by atoms with Crippen LogP contribution < -0.4 is 0 Å². The van der Waals surface area contributed by atoms with E-state index in [9.17, 15) is 4.79 Å². The van der Waals surface area contributed by atoms with Crippen molar-refractivity contribution in [3.63, 3.8) is 0 Å². The second-order valence-corrected chi connectivity index (χ2v) is 7.31. The van der Waals surface area contributed by atoms with Crippen LogP contribution in [0.15, 0.2) is 65.7 Å². The third-order valence-corrected chi connectivity index (χ3v) is 5.40. The van der Waals surface area contributed by atoms with E-state index in [-0.39, 0.29) is 18.2 Å². The summed E-state index contributed by atoms with van der Waals surface area (Å²) in [6, 6.07) is 20.1. The van der Waals surface area contributed by atoms with Crippen LogP contribution in [-0.2, 0) is 14.3 Å². The standard InChI is InChI=1S/C23H25NO3/c1-2-26-22(25)23(15-19-13-14-20(16-23)27-19)24-21(17-9-5-3-6-10-17)18-11-7-4-8-12-18/h3-12,19-20H,2,13-16H2,1H3. The Balaban J connectivity index is 1.83. The highest BCUT2D eigenvalue weighted by molar-refractivity contribution is 6.13. The smallest absolute Gasteiger partial charge is 0.334 e. The van der Waals surface area contributed by atoms with Gasteiger partial charge in [0.05, 0.1) is 24.5 Å². The molecule has 2 fully saturated rings. The number of esters is 1. The number of nitrogens with zero attached hydrogens (tertiary/aromatic N) is 1. The number of ether oxygens (including phenoxy) is 2. The minimum Gasteiger partial charge on any atom is -0.464 e. The molecule has 0 N–H and O–H groups in total. The van der Waals surface area contributed by atoms with Crippen molar-refractivity contribution in [2.75, 3.05) is 6.61 Å². The molecule has 4 rings (SSSR count). The average molecular weight is 363 g/mol. The molecule has 2 atom stereocenters. The first-order valence-corrected chi connectivity index (χ1v) is 9.73. The van der Waals surface area contributed by atoms with Crippen LogP contribution in [0.25, 0.3) is 0 Å². The maximum absolute atomic E-state index is 13.1. The molecule has 0 aliphatic carbocycles. The number of rotatable bonds is 5. The fourth-order valence-electron chi connectivity index (χ4n) is 4.19. The topological polar surface area (TPSA) is 47.9 Å². The molecule has 2 aromatic carbocycles. The van der Waals surface area contributed by atoms with Gasteiger partial charge in [0.15, 0.2) is 5.54 Å². The van der Waals surface area contributed by atoms with E-state index in [1.54, 1.807) is 0 Å². The van der Waals surface area contributed by atoms with Crippen molar-refractivity contribution in [2.45, 2.75) is 50.4 Å². The molecule has 2 heterocycles. The Hall–Kier alpha value is -2.46. The fraction of sp³-hybridized carbons (Fsp3) is 0.391. The molecular formula is C23H25NO3. The first-order valence-electron chi connectivity index (χ1n) is 9.73. The molecule has 2 bridgehead atoms. The summed E-state index contributed by atoms with van der Waals surface area (Å²) in [7, 11) is 0. The summed E-state index contributed by atoms with van der Waals surface area (Å²) in [5, 5.41) is 0. The molecule has 2 aromatic rings. The summed E-state index contributed by atoms with van der Waals surface area (Å²) in [5.41, 5.74) is 1.98. The molecule has 0 aromatic heterocycles. The van der Waals surface area contributed by atoms with Crippen LogP contribution in [0.1, 0.15) is 43.7 Å². The highest BCUT2D eigenvalue weighted by Gasteiger charge is 2.51. The molecule has 4 heteroatoms. The summed E-state index contributed by atoms with van der Waals surface area (Å²) in [6.07, 6.45) is 3.34. The SMILES string of the molecule is CCOC(=O)C1(N=C(c2ccccc2)c2ccccc2)CC2CCC(C1)O2. The number of carbonyl (C=O) groups excluding carboxylic acids is 1. The van der Waals surface area contributed by atoms with E-state index in [4.69, 9.17) is 14.5 Å². The zero-order valence-electron chi connectivity index (χ0n) is 15.6. The lowest BCUT2D eigenvalue weighted by Gasteiger charge is -2.36. The molecule has 140 valence electrons. The second kappa shape index (κ2) is 7.65. The number of aliphatic imine (C=N–C) groups is 1. The number of hydrogen-bond donors (Lipinski definition) is 0. The lowest BCUT2D eigenvalue weighted by atomic mass is 9.86. The van der Waals surface area contributed by atoms with Gasteiger partial charge in [-0.3, -0.25) is 4.99 Å². The van der Waals surface area contributed by atoms with Crippen molar-refractivity contribution >= 4 is 11.7 Å². The lowest BCUT2D eigenvalue weighted by molar-refractivity contribution is -0.156. The van der Waals surface area contributed by atoms with Crippen LogP contribution in [0.4, 0.5) is 0 Å². The van der Waals surface area contributed by atoms with Crippen molar-refractivity contribution in [3.05, 3.63) is 71.8 Å². The van der Waals surface area contributed by atoms with Crippen molar-refractivity contribution < 1.29 is 14.3 Å². The molecule has 27 heavy (non-hydrogen) atoms. The third-order valence-electron chi connectivity index (χ3n) is 5.40. The van der Waals surface area contributed by atoms with Crippen molar-refractivity contribution in [1.29, 1.82) is 0 Å². The van der Waals surface area contributed by atoms with Gasteiger partial charge in [-0.2, -0.15) is 0 Å². The summed E-state index contributed by atoms with van der Waals surface area (Å²) >= 11 is 0. The van der Waals surface area contributed by atoms with Gasteiger partial charge in [0.25, 0.3) is 0 Å². The first kappa shape index (κ1) is 17.9. The van der Waals surface area contributed by atoms with Crippen LogP contribution in [0.5, 0.6) is 0 Å². The average Bonchev–Trinajstić information content (AvgIpc) is 3.06. The maximum Gasteiger partial charge on any atom is 0.334 e. The highest BCUT2D eigenvalue weighted by Crippen LogP contribution is 2.42. The summed E-state index contributed by atoms with van der Waals surface area (Å²) in [5.74, 6) is -0.227. The van der Waals surface area contributed by atoms with Crippen LogP contribution in [0.3, 0.4) is 0 Å². The van der Waals surface area contributed by atoms with Gasteiger partial charge in [-0.1, -0.05) is 60.7 Å². The Kier molecular flexibility index (Phi) is 5.08. The van der Waals surface area contributed by atoms with Gasteiger partial charge in [-0.15, -0.1) is 0 Å². The molecule has 4 nitrogen and oxygen atoms in total. The van der Waals surface area contributed by atoms with Gasteiger partial charge >= 0.3 is 5.97 Å². The van der Waals surface area contributed by atoms with Crippen LogP contribution in [0, 0.1) is 0 Å². The van der Waals surface area contributed by atoms with Crippen LogP contribution >= 0.6 is 0 Å².